The molecule has 1 aromatic heterocycles. The molecule has 3 atom stereocenters. The van der Waals surface area contributed by atoms with E-state index < -0.39 is 0 Å². The van der Waals surface area contributed by atoms with Crippen LogP contribution in [0.2, 0.25) is 0 Å². The number of thioether (sulfide) groups is 1. The number of aliphatic imine (C=N–C) groups is 1. The van der Waals surface area contributed by atoms with Gasteiger partial charge in [-0.15, -0.1) is 0 Å². The van der Waals surface area contributed by atoms with Gasteiger partial charge in [-0.1, -0.05) is 30.8 Å². The summed E-state index contributed by atoms with van der Waals surface area (Å²) in [5.74, 6) is 1.14. The lowest BCUT2D eigenvalue weighted by atomic mass is 9.91. The van der Waals surface area contributed by atoms with Gasteiger partial charge in [0.25, 0.3) is 0 Å². The van der Waals surface area contributed by atoms with Crippen LogP contribution in [0.3, 0.4) is 0 Å². The van der Waals surface area contributed by atoms with Gasteiger partial charge >= 0.3 is 0 Å². The normalized spacial score (nSPS) is 26.6. The first kappa shape index (κ1) is 19.0. The molecule has 0 spiro atoms. The number of rotatable bonds is 4. The van der Waals surface area contributed by atoms with Gasteiger partial charge in [0.15, 0.2) is 5.17 Å². The molecule has 0 unspecified atom stereocenters. The molecule has 5 heteroatoms. The lowest BCUT2D eigenvalue weighted by molar-refractivity contribution is 0.254. The van der Waals surface area contributed by atoms with Gasteiger partial charge in [-0.25, -0.2) is 0 Å². The lowest BCUT2D eigenvalue weighted by Crippen LogP contribution is -2.35. The summed E-state index contributed by atoms with van der Waals surface area (Å²) in [4.78, 5) is 15.0. The second kappa shape index (κ2) is 8.02. The summed E-state index contributed by atoms with van der Waals surface area (Å²) in [5, 5.41) is 1.21. The smallest absolute Gasteiger partial charge is 0.160 e. The zero-order valence-corrected chi connectivity index (χ0v) is 18.2. The summed E-state index contributed by atoms with van der Waals surface area (Å²) >= 11 is 1.91. The minimum atomic E-state index is 0.0765. The van der Waals surface area contributed by atoms with Crippen LogP contribution in [0.25, 0.3) is 0 Å². The number of anilines is 1. The molecule has 0 radical (unpaired) electrons. The van der Waals surface area contributed by atoms with Crippen molar-refractivity contribution < 1.29 is 0 Å². The third-order valence-corrected chi connectivity index (χ3v) is 7.75. The predicted molar refractivity (Wildman–Crippen MR) is 123 cm³/mol. The Labute approximate surface area is 178 Å². The Hall–Kier alpha value is -2.01. The first-order chi connectivity index (χ1) is 14.3. The van der Waals surface area contributed by atoms with Crippen molar-refractivity contribution in [1.29, 1.82) is 0 Å². The third kappa shape index (κ3) is 3.43. The van der Waals surface area contributed by atoms with Gasteiger partial charge in [0.2, 0.25) is 0 Å². The minimum absolute atomic E-state index is 0.0765. The maximum atomic E-state index is 5.16. The van der Waals surface area contributed by atoms with Crippen LogP contribution in [0.15, 0.2) is 47.6 Å². The number of amidine groups is 1. The highest BCUT2D eigenvalue weighted by Gasteiger charge is 2.45. The van der Waals surface area contributed by atoms with Crippen molar-refractivity contribution in [2.24, 2.45) is 4.99 Å². The summed E-state index contributed by atoms with van der Waals surface area (Å²) in [6.45, 7) is 6.95. The van der Waals surface area contributed by atoms with Crippen molar-refractivity contribution in [1.82, 2.24) is 9.88 Å². The summed E-state index contributed by atoms with van der Waals surface area (Å²) in [5.41, 5.74) is 5.24. The van der Waals surface area contributed by atoms with Crippen LogP contribution in [0, 0.1) is 6.92 Å². The average Bonchev–Trinajstić information content (AvgIpc) is 3.34. The Morgan fingerprint density at radius 1 is 1.10 bits per heavy atom. The molecule has 152 valence electrons. The lowest BCUT2D eigenvalue weighted by Gasteiger charge is -2.34. The molecule has 0 saturated carbocycles. The van der Waals surface area contributed by atoms with Crippen molar-refractivity contribution >= 4 is 22.6 Å². The number of hydrogen-bond donors (Lipinski definition) is 0. The van der Waals surface area contributed by atoms with Gasteiger partial charge in [0, 0.05) is 36.8 Å². The average molecular weight is 407 g/mol. The van der Waals surface area contributed by atoms with Gasteiger partial charge < -0.3 is 9.80 Å². The van der Waals surface area contributed by atoms with Crippen molar-refractivity contribution in [3.05, 3.63) is 59.4 Å². The number of aromatic nitrogens is 1. The van der Waals surface area contributed by atoms with Gasteiger partial charge in [-0.05, 0) is 68.0 Å². The topological polar surface area (TPSA) is 31.7 Å². The highest BCUT2D eigenvalue weighted by molar-refractivity contribution is 8.14. The molecule has 0 aliphatic carbocycles. The summed E-state index contributed by atoms with van der Waals surface area (Å²) in [7, 11) is 0. The molecule has 2 aromatic rings. The maximum absolute atomic E-state index is 5.16. The van der Waals surface area contributed by atoms with Crippen LogP contribution < -0.4 is 4.90 Å². The first-order valence-electron chi connectivity index (χ1n) is 11.0. The van der Waals surface area contributed by atoms with Crippen LogP contribution >= 0.6 is 11.8 Å². The van der Waals surface area contributed by atoms with Crippen LogP contribution in [-0.2, 0) is 0 Å². The van der Waals surface area contributed by atoms with E-state index in [1.807, 2.05) is 24.0 Å². The van der Waals surface area contributed by atoms with Crippen molar-refractivity contribution in [3.63, 3.8) is 0 Å². The van der Waals surface area contributed by atoms with Crippen LogP contribution in [0.4, 0.5) is 5.69 Å². The van der Waals surface area contributed by atoms with E-state index >= 15 is 0 Å². The number of pyridine rings is 1. The number of piperidine rings is 1. The maximum Gasteiger partial charge on any atom is 0.160 e. The van der Waals surface area contributed by atoms with E-state index in [0.717, 1.165) is 17.9 Å². The zero-order chi connectivity index (χ0) is 19.8. The molecule has 3 aliphatic heterocycles. The quantitative estimate of drug-likeness (QED) is 0.684. The van der Waals surface area contributed by atoms with E-state index in [4.69, 9.17) is 4.99 Å². The van der Waals surface area contributed by atoms with Gasteiger partial charge in [0.1, 0.15) is 6.04 Å². The van der Waals surface area contributed by atoms with E-state index in [0.29, 0.717) is 6.04 Å². The fraction of sp³-hybridized carbons (Fsp3) is 0.500. The Kier molecular flexibility index (Phi) is 5.25. The Bertz CT molecular complexity index is 891. The van der Waals surface area contributed by atoms with Crippen molar-refractivity contribution in [3.8, 4) is 0 Å². The zero-order valence-electron chi connectivity index (χ0n) is 17.4. The van der Waals surface area contributed by atoms with Gasteiger partial charge in [-0.3, -0.25) is 9.98 Å². The van der Waals surface area contributed by atoms with Crippen LogP contribution in [0.1, 0.15) is 61.5 Å². The summed E-state index contributed by atoms with van der Waals surface area (Å²) in [6.07, 6.45) is 7.04. The third-order valence-electron chi connectivity index (χ3n) is 6.62. The number of hydrogen-bond acceptors (Lipinski definition) is 5. The van der Waals surface area contributed by atoms with E-state index in [1.54, 1.807) is 0 Å². The monoisotopic (exact) mass is 406 g/mol. The number of benzene rings is 1. The molecule has 0 N–H and O–H groups in total. The van der Waals surface area contributed by atoms with Gasteiger partial charge in [-0.2, -0.15) is 0 Å². The second-order valence-corrected chi connectivity index (χ2v) is 9.41. The molecule has 0 bridgehead atoms. The summed E-state index contributed by atoms with van der Waals surface area (Å²) in [6, 6.07) is 14.2. The van der Waals surface area contributed by atoms with Gasteiger partial charge in [0.05, 0.1) is 11.7 Å². The predicted octanol–water partition coefficient (Wildman–Crippen LogP) is 5.36. The van der Waals surface area contributed by atoms with E-state index in [-0.39, 0.29) is 12.1 Å². The fourth-order valence-corrected chi connectivity index (χ4v) is 6.36. The molecule has 1 aromatic carbocycles. The summed E-state index contributed by atoms with van der Waals surface area (Å²) < 4.78 is 0. The molecule has 2 saturated heterocycles. The fourth-order valence-electron chi connectivity index (χ4n) is 5.03. The second-order valence-electron chi connectivity index (χ2n) is 8.42. The highest BCUT2D eigenvalue weighted by atomic mass is 32.2. The SMILES string of the molecule is CC[C@@H]1CSC2=N[C@@H](c3ccccn3)[C@H](c3ccc(N4CCCCC4)cc3C)N21. The Morgan fingerprint density at radius 3 is 2.69 bits per heavy atom. The van der Waals surface area contributed by atoms with Crippen LogP contribution in [-0.4, -0.2) is 39.9 Å². The molecule has 5 rings (SSSR count). The number of aryl methyl sites for hydroxylation is 1. The first-order valence-corrected chi connectivity index (χ1v) is 12.0. The van der Waals surface area contributed by atoms with E-state index in [9.17, 15) is 0 Å². The molecule has 3 aliphatic rings. The Balaban J connectivity index is 1.52. The molecule has 0 amide bonds. The molecule has 29 heavy (non-hydrogen) atoms. The standard InChI is InChI=1S/C24H30N4S/c1-3-18-16-29-24-26-22(21-9-5-6-12-25-21)23(28(18)24)20-11-10-19(15-17(20)2)27-13-7-4-8-14-27/h5-6,9-12,15,18,22-23H,3-4,7-8,13-14,16H2,1-2H3/t18-,22+,23+/m1/s1. The number of fused-ring (bicyclic) bond motifs is 1. The van der Waals surface area contributed by atoms with Crippen molar-refractivity contribution in [2.45, 2.75) is 57.7 Å². The molecule has 2 fully saturated rings. The van der Waals surface area contributed by atoms with E-state index in [2.05, 4.69) is 59.0 Å². The minimum Gasteiger partial charge on any atom is -0.372 e. The molecule has 4 nitrogen and oxygen atoms in total. The number of nitrogens with zero attached hydrogens (tertiary/aromatic N) is 4. The largest absolute Gasteiger partial charge is 0.372 e. The molecular formula is C24H30N4S. The van der Waals surface area contributed by atoms with Crippen LogP contribution in [0.5, 0.6) is 0 Å². The molecule has 4 heterocycles. The Morgan fingerprint density at radius 2 is 1.97 bits per heavy atom. The molecular weight excluding hydrogens is 376 g/mol. The van der Waals surface area contributed by atoms with E-state index in [1.165, 1.54) is 54.3 Å². The van der Waals surface area contributed by atoms with Crippen molar-refractivity contribution in [2.75, 3.05) is 23.7 Å². The highest BCUT2D eigenvalue weighted by Crippen LogP contribution is 2.49.